The van der Waals surface area contributed by atoms with E-state index in [-0.39, 0.29) is 11.6 Å². The van der Waals surface area contributed by atoms with E-state index >= 15 is 0 Å². The minimum atomic E-state index is -0.562. The van der Waals surface area contributed by atoms with Crippen molar-refractivity contribution >= 4 is 12.2 Å². The van der Waals surface area contributed by atoms with E-state index in [1.54, 1.807) is 10.8 Å². The molecular weight excluding hydrogens is 204 g/mol. The fraction of sp³-hybridized carbons (Fsp3) is 0.500. The van der Waals surface area contributed by atoms with Gasteiger partial charge in [-0.05, 0) is 12.2 Å². The summed E-state index contributed by atoms with van der Waals surface area (Å²) in [7, 11) is 0. The van der Waals surface area contributed by atoms with Crippen molar-refractivity contribution in [2.24, 2.45) is 0 Å². The highest BCUT2D eigenvalue weighted by Crippen LogP contribution is 2.18. The quantitative estimate of drug-likeness (QED) is 0.637. The molecular formula is C8H10N2O3S. The second kappa shape index (κ2) is 3.64. The second-order valence-corrected chi connectivity index (χ2v) is 3.58. The number of hydrogen-bond acceptors (Lipinski definition) is 4. The van der Waals surface area contributed by atoms with Crippen molar-refractivity contribution in [1.82, 2.24) is 9.55 Å². The fourth-order valence-electron chi connectivity index (χ4n) is 1.49. The Bertz CT molecular complexity index is 439. The Labute approximate surface area is 85.0 Å². The standard InChI is InChI=1S/C8H10N2O3S/c11-6-4-13-3-5(6)10-2-1-7(12)9-8(10)14/h1-2,5-6,11H,3-4H2,(H,9,12,14). The summed E-state index contributed by atoms with van der Waals surface area (Å²) in [5.74, 6) is 0. The van der Waals surface area contributed by atoms with E-state index in [9.17, 15) is 9.90 Å². The van der Waals surface area contributed by atoms with Crippen molar-refractivity contribution in [3.05, 3.63) is 27.4 Å². The fourth-order valence-corrected chi connectivity index (χ4v) is 1.78. The van der Waals surface area contributed by atoms with Crippen LogP contribution in [0.5, 0.6) is 0 Å². The third-order valence-corrected chi connectivity index (χ3v) is 2.54. The lowest BCUT2D eigenvalue weighted by Gasteiger charge is -2.15. The SMILES string of the molecule is O=c1ccn(C2COCC2O)c(=S)[nH]1. The molecule has 2 rings (SSSR count). The maximum atomic E-state index is 10.9. The Morgan fingerprint density at radius 1 is 1.64 bits per heavy atom. The average Bonchev–Trinajstić information content (AvgIpc) is 2.52. The van der Waals surface area contributed by atoms with Gasteiger partial charge in [0.15, 0.2) is 4.77 Å². The smallest absolute Gasteiger partial charge is 0.251 e. The molecule has 1 aromatic heterocycles. The maximum Gasteiger partial charge on any atom is 0.251 e. The maximum absolute atomic E-state index is 10.9. The summed E-state index contributed by atoms with van der Waals surface area (Å²) in [6, 6.07) is 1.18. The Balaban J connectivity index is 2.41. The van der Waals surface area contributed by atoms with E-state index < -0.39 is 6.10 Å². The van der Waals surface area contributed by atoms with Crippen LogP contribution in [0.3, 0.4) is 0 Å². The van der Waals surface area contributed by atoms with Crippen LogP contribution in [0.15, 0.2) is 17.1 Å². The van der Waals surface area contributed by atoms with Crippen molar-refractivity contribution < 1.29 is 9.84 Å². The van der Waals surface area contributed by atoms with E-state index in [2.05, 4.69) is 4.98 Å². The van der Waals surface area contributed by atoms with Crippen LogP contribution in [0.25, 0.3) is 0 Å². The summed E-state index contributed by atoms with van der Waals surface area (Å²) in [5.41, 5.74) is -0.236. The lowest BCUT2D eigenvalue weighted by atomic mass is 10.2. The van der Waals surface area contributed by atoms with Crippen LogP contribution in [0.4, 0.5) is 0 Å². The molecule has 2 heterocycles. The van der Waals surface area contributed by atoms with Gasteiger partial charge >= 0.3 is 0 Å². The van der Waals surface area contributed by atoms with Crippen LogP contribution in [-0.2, 0) is 4.74 Å². The summed E-state index contributed by atoms with van der Waals surface area (Å²) in [6.45, 7) is 0.729. The molecule has 1 aliphatic rings. The first-order valence-corrected chi connectivity index (χ1v) is 4.66. The minimum absolute atomic E-state index is 0.195. The van der Waals surface area contributed by atoms with Gasteiger partial charge in [0.05, 0.1) is 19.3 Å². The third kappa shape index (κ3) is 1.63. The molecule has 0 spiro atoms. The summed E-state index contributed by atoms with van der Waals surface area (Å²) in [4.78, 5) is 13.4. The molecule has 6 heteroatoms. The summed E-state index contributed by atoms with van der Waals surface area (Å²) in [5, 5.41) is 9.55. The number of hydrogen-bond donors (Lipinski definition) is 2. The highest BCUT2D eigenvalue weighted by Gasteiger charge is 2.27. The molecule has 0 radical (unpaired) electrons. The van der Waals surface area contributed by atoms with Crippen molar-refractivity contribution in [1.29, 1.82) is 0 Å². The number of ether oxygens (including phenoxy) is 1. The zero-order chi connectivity index (χ0) is 10.1. The first-order valence-electron chi connectivity index (χ1n) is 4.26. The number of aliphatic hydroxyl groups is 1. The second-order valence-electron chi connectivity index (χ2n) is 3.19. The predicted molar refractivity (Wildman–Crippen MR) is 51.7 cm³/mol. The van der Waals surface area contributed by atoms with Crippen LogP contribution in [0.2, 0.25) is 0 Å². The Kier molecular flexibility index (Phi) is 2.49. The normalized spacial score (nSPS) is 26.6. The molecule has 1 fully saturated rings. The summed E-state index contributed by atoms with van der Waals surface area (Å²) < 4.78 is 7.06. The predicted octanol–water partition coefficient (Wildman–Crippen LogP) is -0.162. The van der Waals surface area contributed by atoms with Crippen molar-refractivity contribution in [3.63, 3.8) is 0 Å². The molecule has 0 bridgehead atoms. The molecule has 2 unspecified atom stereocenters. The number of nitrogens with zero attached hydrogens (tertiary/aromatic N) is 1. The van der Waals surface area contributed by atoms with Gasteiger partial charge in [-0.2, -0.15) is 0 Å². The lowest BCUT2D eigenvalue weighted by molar-refractivity contribution is 0.119. The highest BCUT2D eigenvalue weighted by molar-refractivity contribution is 7.71. The molecule has 0 saturated carbocycles. The average molecular weight is 214 g/mol. The van der Waals surface area contributed by atoms with Crippen LogP contribution < -0.4 is 5.56 Å². The van der Waals surface area contributed by atoms with Gasteiger partial charge in [0.1, 0.15) is 6.10 Å². The monoisotopic (exact) mass is 214 g/mol. The molecule has 5 nitrogen and oxygen atoms in total. The molecule has 1 aliphatic heterocycles. The molecule has 1 aromatic rings. The zero-order valence-corrected chi connectivity index (χ0v) is 8.16. The molecule has 0 amide bonds. The number of nitrogens with one attached hydrogen (secondary N) is 1. The van der Waals surface area contributed by atoms with Gasteiger partial charge in [0, 0.05) is 12.3 Å². The zero-order valence-electron chi connectivity index (χ0n) is 7.34. The van der Waals surface area contributed by atoms with E-state index in [0.717, 1.165) is 0 Å². The van der Waals surface area contributed by atoms with Gasteiger partial charge in [-0.1, -0.05) is 0 Å². The van der Waals surface area contributed by atoms with Gasteiger partial charge in [-0.3, -0.25) is 9.78 Å². The van der Waals surface area contributed by atoms with Gasteiger partial charge < -0.3 is 14.4 Å². The number of H-pyrrole nitrogens is 1. The highest BCUT2D eigenvalue weighted by atomic mass is 32.1. The van der Waals surface area contributed by atoms with E-state index in [1.165, 1.54) is 6.07 Å². The number of aromatic amines is 1. The first-order chi connectivity index (χ1) is 6.68. The topological polar surface area (TPSA) is 67.2 Å². The molecule has 2 atom stereocenters. The number of aliphatic hydroxyl groups excluding tert-OH is 1. The van der Waals surface area contributed by atoms with Crippen LogP contribution in [0.1, 0.15) is 6.04 Å². The Morgan fingerprint density at radius 3 is 3.00 bits per heavy atom. The van der Waals surface area contributed by atoms with Crippen molar-refractivity contribution in [2.45, 2.75) is 12.1 Å². The van der Waals surface area contributed by atoms with Crippen LogP contribution >= 0.6 is 12.2 Å². The van der Waals surface area contributed by atoms with Gasteiger partial charge in [0.2, 0.25) is 0 Å². The molecule has 14 heavy (non-hydrogen) atoms. The molecule has 0 aliphatic carbocycles. The van der Waals surface area contributed by atoms with E-state index in [1.807, 2.05) is 0 Å². The molecule has 1 saturated heterocycles. The van der Waals surface area contributed by atoms with Crippen LogP contribution in [-0.4, -0.2) is 34.0 Å². The van der Waals surface area contributed by atoms with Crippen LogP contribution in [0, 0.1) is 4.77 Å². The van der Waals surface area contributed by atoms with Gasteiger partial charge in [-0.25, -0.2) is 0 Å². The van der Waals surface area contributed by atoms with Crippen molar-refractivity contribution in [3.8, 4) is 0 Å². The van der Waals surface area contributed by atoms with E-state index in [4.69, 9.17) is 17.0 Å². The lowest BCUT2D eigenvalue weighted by Crippen LogP contribution is -2.24. The minimum Gasteiger partial charge on any atom is -0.388 e. The number of aromatic nitrogens is 2. The van der Waals surface area contributed by atoms with Crippen molar-refractivity contribution in [2.75, 3.05) is 13.2 Å². The van der Waals surface area contributed by atoms with Gasteiger partial charge in [0.25, 0.3) is 5.56 Å². The Morgan fingerprint density at radius 2 is 2.43 bits per heavy atom. The molecule has 0 aromatic carbocycles. The third-order valence-electron chi connectivity index (χ3n) is 2.23. The Hall–Kier alpha value is -0.980. The summed E-state index contributed by atoms with van der Waals surface area (Å²) >= 11 is 4.97. The molecule has 76 valence electrons. The summed E-state index contributed by atoms with van der Waals surface area (Å²) in [6.07, 6.45) is 1.01. The molecule has 2 N–H and O–H groups in total. The van der Waals surface area contributed by atoms with Gasteiger partial charge in [-0.15, -0.1) is 0 Å². The number of rotatable bonds is 1. The largest absolute Gasteiger partial charge is 0.388 e. The first kappa shape index (κ1) is 9.57. The van der Waals surface area contributed by atoms with E-state index in [0.29, 0.717) is 18.0 Å².